The summed E-state index contributed by atoms with van der Waals surface area (Å²) in [7, 11) is 1.87. The summed E-state index contributed by atoms with van der Waals surface area (Å²) in [5, 5.41) is 7.18. The highest BCUT2D eigenvalue weighted by Gasteiger charge is 2.12. The maximum Gasteiger partial charge on any atom is 0.234 e. The van der Waals surface area contributed by atoms with Gasteiger partial charge in [0, 0.05) is 13.1 Å². The molecule has 0 aromatic carbocycles. The molecule has 1 amide bonds. The molecule has 1 aromatic heterocycles. The molecular formula is C12H22N4OS. The third kappa shape index (κ3) is 4.34. The lowest BCUT2D eigenvalue weighted by atomic mass is 10.3. The summed E-state index contributed by atoms with van der Waals surface area (Å²) < 4.78 is 1.77. The van der Waals surface area contributed by atoms with Gasteiger partial charge in [0.15, 0.2) is 0 Å². The number of nitrogens with zero attached hydrogens (tertiary/aromatic N) is 2. The van der Waals surface area contributed by atoms with E-state index in [4.69, 9.17) is 5.73 Å². The molecule has 0 aliphatic rings. The molecule has 1 aromatic rings. The predicted molar refractivity (Wildman–Crippen MR) is 76.9 cm³/mol. The van der Waals surface area contributed by atoms with Crippen molar-refractivity contribution in [2.75, 3.05) is 16.8 Å². The van der Waals surface area contributed by atoms with Crippen LogP contribution in [0.25, 0.3) is 0 Å². The highest BCUT2D eigenvalue weighted by atomic mass is 32.2. The Morgan fingerprint density at radius 2 is 2.22 bits per heavy atom. The van der Waals surface area contributed by atoms with Crippen molar-refractivity contribution in [1.29, 1.82) is 0 Å². The van der Waals surface area contributed by atoms with Gasteiger partial charge in [-0.1, -0.05) is 0 Å². The normalized spacial score (nSPS) is 12.5. The van der Waals surface area contributed by atoms with Gasteiger partial charge in [0.25, 0.3) is 0 Å². The number of aryl methyl sites for hydroxylation is 2. The number of nitrogens with two attached hydrogens (primary N) is 1. The van der Waals surface area contributed by atoms with E-state index in [-0.39, 0.29) is 11.9 Å². The molecule has 1 atom stereocenters. The smallest absolute Gasteiger partial charge is 0.234 e. The minimum Gasteiger partial charge on any atom is -0.328 e. The number of carbonyl (C=O) groups excluding carboxylic acids is 1. The fourth-order valence-corrected chi connectivity index (χ4v) is 2.50. The average molecular weight is 270 g/mol. The van der Waals surface area contributed by atoms with Crippen LogP contribution in [-0.2, 0) is 11.8 Å². The van der Waals surface area contributed by atoms with Crippen LogP contribution in [0.15, 0.2) is 0 Å². The minimum absolute atomic E-state index is 0.0175. The van der Waals surface area contributed by atoms with Crippen molar-refractivity contribution in [2.24, 2.45) is 12.8 Å². The van der Waals surface area contributed by atoms with Crippen LogP contribution in [0.1, 0.15) is 24.7 Å². The Hall–Kier alpha value is -1.01. The van der Waals surface area contributed by atoms with E-state index in [1.807, 2.05) is 27.8 Å². The number of aromatic nitrogens is 2. The summed E-state index contributed by atoms with van der Waals surface area (Å²) in [4.78, 5) is 11.8. The molecule has 1 heterocycles. The van der Waals surface area contributed by atoms with Crippen LogP contribution >= 0.6 is 11.8 Å². The maximum atomic E-state index is 11.8. The van der Waals surface area contributed by atoms with Crippen LogP contribution < -0.4 is 11.1 Å². The van der Waals surface area contributed by atoms with E-state index >= 15 is 0 Å². The molecule has 0 saturated carbocycles. The third-order valence-electron chi connectivity index (χ3n) is 2.72. The predicted octanol–water partition coefficient (Wildman–Crippen LogP) is 1.45. The first-order valence-corrected chi connectivity index (χ1v) is 7.20. The quantitative estimate of drug-likeness (QED) is 0.767. The monoisotopic (exact) mass is 270 g/mol. The molecule has 0 spiro atoms. The van der Waals surface area contributed by atoms with E-state index in [1.54, 1.807) is 16.4 Å². The number of hydrogen-bond donors (Lipinski definition) is 2. The summed E-state index contributed by atoms with van der Waals surface area (Å²) in [6.45, 7) is 5.81. The van der Waals surface area contributed by atoms with Crippen molar-refractivity contribution in [2.45, 2.75) is 33.2 Å². The molecule has 0 saturated heterocycles. The van der Waals surface area contributed by atoms with Crippen LogP contribution in [0, 0.1) is 13.8 Å². The average Bonchev–Trinajstić information content (AvgIpc) is 2.51. The summed E-state index contributed by atoms with van der Waals surface area (Å²) in [5.41, 5.74) is 8.30. The van der Waals surface area contributed by atoms with Gasteiger partial charge in [-0.05, 0) is 32.9 Å². The van der Waals surface area contributed by atoms with E-state index in [0.29, 0.717) is 5.75 Å². The van der Waals surface area contributed by atoms with Gasteiger partial charge in [0.1, 0.15) is 0 Å². The van der Waals surface area contributed by atoms with Crippen LogP contribution in [0.2, 0.25) is 0 Å². The van der Waals surface area contributed by atoms with Crippen LogP contribution in [0.4, 0.5) is 5.69 Å². The molecule has 0 fully saturated rings. The number of amides is 1. The van der Waals surface area contributed by atoms with Crippen molar-refractivity contribution < 1.29 is 4.79 Å². The van der Waals surface area contributed by atoms with Crippen LogP contribution in [-0.4, -0.2) is 33.2 Å². The van der Waals surface area contributed by atoms with Gasteiger partial charge in [0.05, 0.1) is 22.8 Å². The lowest BCUT2D eigenvalue weighted by molar-refractivity contribution is -0.113. The molecule has 5 nitrogen and oxygen atoms in total. The summed E-state index contributed by atoms with van der Waals surface area (Å²) in [6.07, 6.45) is 0.933. The van der Waals surface area contributed by atoms with E-state index in [2.05, 4.69) is 10.4 Å². The Morgan fingerprint density at radius 3 is 2.72 bits per heavy atom. The van der Waals surface area contributed by atoms with Crippen LogP contribution in [0.5, 0.6) is 0 Å². The Balaban J connectivity index is 2.40. The van der Waals surface area contributed by atoms with Gasteiger partial charge in [-0.3, -0.25) is 9.48 Å². The second kappa shape index (κ2) is 6.80. The zero-order valence-corrected chi connectivity index (χ0v) is 12.3. The summed E-state index contributed by atoms with van der Waals surface area (Å²) in [5.74, 6) is 1.39. The molecule has 3 N–H and O–H groups in total. The highest BCUT2D eigenvalue weighted by Crippen LogP contribution is 2.18. The van der Waals surface area contributed by atoms with Crippen molar-refractivity contribution in [1.82, 2.24) is 9.78 Å². The molecular weight excluding hydrogens is 248 g/mol. The molecule has 0 aliphatic carbocycles. The number of thioether (sulfide) groups is 1. The van der Waals surface area contributed by atoms with E-state index in [0.717, 1.165) is 29.2 Å². The molecule has 0 radical (unpaired) electrons. The van der Waals surface area contributed by atoms with Gasteiger partial charge in [0.2, 0.25) is 5.91 Å². The van der Waals surface area contributed by atoms with E-state index in [1.165, 1.54) is 0 Å². The van der Waals surface area contributed by atoms with Crippen LogP contribution in [0.3, 0.4) is 0 Å². The largest absolute Gasteiger partial charge is 0.328 e. The Morgan fingerprint density at radius 1 is 1.56 bits per heavy atom. The standard InChI is InChI=1S/C12H22N4OS/c1-8(13)5-6-18-7-11(17)14-12-9(2)15-16(4)10(12)3/h8H,5-7,13H2,1-4H3,(H,14,17). The number of hydrogen-bond acceptors (Lipinski definition) is 4. The topological polar surface area (TPSA) is 72.9 Å². The molecule has 1 unspecified atom stereocenters. The SMILES string of the molecule is Cc1nn(C)c(C)c1NC(=O)CSCCC(C)N. The molecule has 18 heavy (non-hydrogen) atoms. The number of anilines is 1. The fraction of sp³-hybridized carbons (Fsp3) is 0.667. The fourth-order valence-electron chi connectivity index (χ4n) is 1.56. The number of nitrogens with one attached hydrogen (secondary N) is 1. The zero-order valence-electron chi connectivity index (χ0n) is 11.5. The van der Waals surface area contributed by atoms with Gasteiger partial charge >= 0.3 is 0 Å². The third-order valence-corrected chi connectivity index (χ3v) is 3.71. The molecule has 102 valence electrons. The van der Waals surface area contributed by atoms with Gasteiger partial charge < -0.3 is 11.1 Å². The lowest BCUT2D eigenvalue weighted by Crippen LogP contribution is -2.18. The van der Waals surface area contributed by atoms with Crippen molar-refractivity contribution in [3.63, 3.8) is 0 Å². The molecule has 0 aliphatic heterocycles. The Kier molecular flexibility index (Phi) is 5.68. The van der Waals surface area contributed by atoms with Crippen molar-refractivity contribution in [3.8, 4) is 0 Å². The lowest BCUT2D eigenvalue weighted by Gasteiger charge is -2.06. The first-order valence-electron chi connectivity index (χ1n) is 6.05. The first-order chi connectivity index (χ1) is 8.41. The molecule has 1 rings (SSSR count). The van der Waals surface area contributed by atoms with Crippen molar-refractivity contribution >= 4 is 23.4 Å². The zero-order chi connectivity index (χ0) is 13.7. The summed E-state index contributed by atoms with van der Waals surface area (Å²) >= 11 is 1.61. The maximum absolute atomic E-state index is 11.8. The second-order valence-electron chi connectivity index (χ2n) is 4.54. The second-order valence-corrected chi connectivity index (χ2v) is 5.64. The van der Waals surface area contributed by atoms with Gasteiger partial charge in [-0.15, -0.1) is 0 Å². The van der Waals surface area contributed by atoms with Crippen molar-refractivity contribution in [3.05, 3.63) is 11.4 Å². The Labute approximate surface area is 112 Å². The number of carbonyl (C=O) groups is 1. The van der Waals surface area contributed by atoms with Gasteiger partial charge in [-0.2, -0.15) is 16.9 Å². The highest BCUT2D eigenvalue weighted by molar-refractivity contribution is 7.99. The summed E-state index contributed by atoms with van der Waals surface area (Å²) in [6, 6.07) is 0.198. The molecule has 0 bridgehead atoms. The Bertz CT molecular complexity index is 414. The minimum atomic E-state index is 0.0175. The van der Waals surface area contributed by atoms with Gasteiger partial charge in [-0.25, -0.2) is 0 Å². The molecule has 6 heteroatoms. The first kappa shape index (κ1) is 15.0. The van der Waals surface area contributed by atoms with E-state index in [9.17, 15) is 4.79 Å². The number of rotatable bonds is 6. The van der Waals surface area contributed by atoms with E-state index < -0.39 is 0 Å².